The first-order chi connectivity index (χ1) is 18.5. The van der Waals surface area contributed by atoms with Crippen molar-refractivity contribution in [3.05, 3.63) is 41.6 Å². The molecule has 1 saturated heterocycles. The molecule has 0 saturated carbocycles. The van der Waals surface area contributed by atoms with Gasteiger partial charge in [-0.3, -0.25) is 23.8 Å². The van der Waals surface area contributed by atoms with Gasteiger partial charge in [0.1, 0.15) is 16.8 Å². The molecule has 0 spiro atoms. The molecule has 0 bridgehead atoms. The second-order valence-corrected chi connectivity index (χ2v) is 11.3. The maximum atomic E-state index is 15.3. The molecule has 2 aliphatic heterocycles. The largest absolute Gasteiger partial charge is 0.462 e. The molecule has 222 valence electrons. The standard InChI is InChI=1S/C23H26ClF4N2O9P/c1-12(2)37-20(34)13(3)29-40(35,39-14-7-5-4-6-8-14)36-11-22(21(25)26)23(27,28)18(33)19(38-22)30-10-15(24)16(31)9-17(30)32/h4-8,10,12-13,18-19,21,33H,9,11H2,1-3H3,(H,29,35)/t13-,18-,19+,22-,40?/m0/s1. The molecule has 0 radical (unpaired) electrons. The van der Waals surface area contributed by atoms with Gasteiger partial charge in [0.05, 0.1) is 19.1 Å². The van der Waals surface area contributed by atoms with E-state index in [4.69, 9.17) is 30.1 Å². The monoisotopic (exact) mass is 616 g/mol. The summed E-state index contributed by atoms with van der Waals surface area (Å²) in [6.45, 7) is 2.38. The van der Waals surface area contributed by atoms with Gasteiger partial charge >= 0.3 is 19.6 Å². The molecule has 40 heavy (non-hydrogen) atoms. The Bertz CT molecular complexity index is 1210. The van der Waals surface area contributed by atoms with Crippen molar-refractivity contribution in [2.45, 2.75) is 69.6 Å². The van der Waals surface area contributed by atoms with E-state index in [2.05, 4.69) is 5.09 Å². The second-order valence-electron chi connectivity index (χ2n) is 9.16. The third kappa shape index (κ3) is 6.50. The predicted octanol–water partition coefficient (Wildman–Crippen LogP) is 3.36. The fourth-order valence-corrected chi connectivity index (χ4v) is 5.39. The number of amides is 1. The lowest BCUT2D eigenvalue weighted by atomic mass is 9.95. The minimum atomic E-state index is -4.93. The number of allylic oxidation sites excluding steroid dienone is 1. The topological polar surface area (TPSA) is 141 Å². The fraction of sp³-hybridized carbons (Fsp3) is 0.522. The Morgan fingerprint density at radius 3 is 2.45 bits per heavy atom. The van der Waals surface area contributed by atoms with Gasteiger partial charge < -0.3 is 19.1 Å². The summed E-state index contributed by atoms with van der Waals surface area (Å²) in [5.41, 5.74) is -3.97. The van der Waals surface area contributed by atoms with E-state index in [0.29, 0.717) is 11.1 Å². The van der Waals surface area contributed by atoms with Gasteiger partial charge in [-0.05, 0) is 32.9 Å². The average molecular weight is 617 g/mol. The Balaban J connectivity index is 1.94. The summed E-state index contributed by atoms with van der Waals surface area (Å²) in [5.74, 6) is -7.92. The highest BCUT2D eigenvalue weighted by Gasteiger charge is 2.74. The number of Topliss-reactive ketones (excluding diaryl/α,β-unsaturated/α-hetero) is 1. The SMILES string of the molecule is CC(C)OC(=O)[C@H](C)NP(=O)(OC[C@@]1(C(F)F)O[C@@H](N2C=C(Cl)C(=O)CC2=O)[C@H](O)C1(F)F)Oc1ccccc1. The molecule has 2 heterocycles. The Morgan fingerprint density at radius 1 is 1.25 bits per heavy atom. The van der Waals surface area contributed by atoms with Gasteiger partial charge in [-0.25, -0.2) is 13.3 Å². The zero-order chi connectivity index (χ0) is 30.0. The number of nitrogens with zero attached hydrogens (tertiary/aromatic N) is 1. The number of rotatable bonds is 11. The minimum absolute atomic E-state index is 0.144. The number of aliphatic hydroxyl groups excluding tert-OH is 1. The molecule has 0 aromatic heterocycles. The molecule has 11 nitrogen and oxygen atoms in total. The van der Waals surface area contributed by atoms with Gasteiger partial charge in [0, 0.05) is 6.20 Å². The Morgan fingerprint density at radius 2 is 1.88 bits per heavy atom. The van der Waals surface area contributed by atoms with Gasteiger partial charge in [-0.1, -0.05) is 29.8 Å². The number of carbonyl (C=O) groups is 3. The van der Waals surface area contributed by atoms with Gasteiger partial charge in [-0.15, -0.1) is 0 Å². The molecule has 1 amide bonds. The summed E-state index contributed by atoms with van der Waals surface area (Å²) in [6.07, 6.45) is -10.5. The zero-order valence-electron chi connectivity index (χ0n) is 21.3. The van der Waals surface area contributed by atoms with Crippen molar-refractivity contribution in [3.8, 4) is 5.75 Å². The molecule has 1 aromatic rings. The normalized spacial score (nSPS) is 27.0. The van der Waals surface area contributed by atoms with Crippen molar-refractivity contribution in [1.29, 1.82) is 0 Å². The van der Waals surface area contributed by atoms with Gasteiger partial charge in [-0.2, -0.15) is 13.9 Å². The van der Waals surface area contributed by atoms with Crippen LogP contribution in [0.3, 0.4) is 0 Å². The van der Waals surface area contributed by atoms with Crippen LogP contribution in [-0.2, 0) is 32.9 Å². The number of esters is 1. The first-order valence-corrected chi connectivity index (χ1v) is 13.7. The summed E-state index contributed by atoms with van der Waals surface area (Å²) in [4.78, 5) is 36.5. The molecular formula is C23H26ClF4N2O9P. The third-order valence-corrected chi connectivity index (χ3v) is 7.69. The van der Waals surface area contributed by atoms with Crippen LogP contribution in [-0.4, -0.2) is 76.7 Å². The lowest BCUT2D eigenvalue weighted by Crippen LogP contribution is -2.57. The van der Waals surface area contributed by atoms with E-state index in [0.717, 1.165) is 0 Å². The number of halogens is 5. The third-order valence-electron chi connectivity index (χ3n) is 5.76. The molecule has 17 heteroatoms. The quantitative estimate of drug-likeness (QED) is 0.165. The van der Waals surface area contributed by atoms with Crippen molar-refractivity contribution in [3.63, 3.8) is 0 Å². The number of hydrogen-bond acceptors (Lipinski definition) is 9. The van der Waals surface area contributed by atoms with Crippen LogP contribution in [0.1, 0.15) is 27.2 Å². The van der Waals surface area contributed by atoms with Crippen molar-refractivity contribution >= 4 is 37.0 Å². The van der Waals surface area contributed by atoms with Crippen molar-refractivity contribution < 1.29 is 60.1 Å². The van der Waals surface area contributed by atoms with E-state index in [-0.39, 0.29) is 5.75 Å². The predicted molar refractivity (Wildman–Crippen MR) is 129 cm³/mol. The lowest BCUT2D eigenvalue weighted by molar-refractivity contribution is -0.243. The maximum Gasteiger partial charge on any atom is 0.459 e. The van der Waals surface area contributed by atoms with Crippen LogP contribution in [0.25, 0.3) is 0 Å². The number of benzene rings is 1. The smallest absolute Gasteiger partial charge is 0.459 e. The molecule has 3 rings (SSSR count). The number of carbonyl (C=O) groups excluding carboxylic acids is 3. The van der Waals surface area contributed by atoms with E-state index in [1.165, 1.54) is 45.0 Å². The summed E-state index contributed by atoms with van der Waals surface area (Å²) in [5, 5.41) is 11.9. The van der Waals surface area contributed by atoms with Gasteiger partial charge in [0.15, 0.2) is 18.1 Å². The first kappa shape index (κ1) is 32.0. The second kappa shape index (κ2) is 12.1. The molecule has 2 aliphatic rings. The Kier molecular flexibility index (Phi) is 9.70. The summed E-state index contributed by atoms with van der Waals surface area (Å²) in [6, 6.07) is 5.61. The van der Waals surface area contributed by atoms with Crippen LogP contribution in [0.5, 0.6) is 5.75 Å². The van der Waals surface area contributed by atoms with Crippen LogP contribution in [0.15, 0.2) is 41.6 Å². The van der Waals surface area contributed by atoms with E-state index >= 15 is 8.78 Å². The highest BCUT2D eigenvalue weighted by atomic mass is 35.5. The Labute approximate surface area is 230 Å². The molecule has 5 atom stereocenters. The molecule has 1 fully saturated rings. The number of hydrogen-bond donors (Lipinski definition) is 2. The van der Waals surface area contributed by atoms with E-state index in [1.807, 2.05) is 0 Å². The molecule has 1 aromatic carbocycles. The average Bonchev–Trinajstić information content (AvgIpc) is 3.06. The Hall–Kier alpha value is -2.55. The van der Waals surface area contributed by atoms with Gasteiger partial charge in [0.2, 0.25) is 11.5 Å². The molecular weight excluding hydrogens is 591 g/mol. The van der Waals surface area contributed by atoms with Crippen LogP contribution in [0.4, 0.5) is 17.6 Å². The van der Waals surface area contributed by atoms with Crippen LogP contribution >= 0.6 is 19.3 Å². The van der Waals surface area contributed by atoms with Crippen molar-refractivity contribution in [2.24, 2.45) is 0 Å². The number of nitrogens with one attached hydrogen (secondary N) is 1. The van der Waals surface area contributed by atoms with Crippen LogP contribution < -0.4 is 9.61 Å². The van der Waals surface area contributed by atoms with Crippen LogP contribution in [0, 0.1) is 0 Å². The summed E-state index contributed by atoms with van der Waals surface area (Å²) in [7, 11) is -4.93. The first-order valence-electron chi connectivity index (χ1n) is 11.7. The van der Waals surface area contributed by atoms with E-state index < -0.39 is 85.9 Å². The number of aliphatic hydroxyl groups is 1. The van der Waals surface area contributed by atoms with E-state index in [1.54, 1.807) is 6.07 Å². The van der Waals surface area contributed by atoms with Gasteiger partial charge in [0.25, 0.3) is 6.43 Å². The zero-order valence-corrected chi connectivity index (χ0v) is 22.9. The molecule has 0 aliphatic carbocycles. The number of alkyl halides is 4. The van der Waals surface area contributed by atoms with Crippen molar-refractivity contribution in [1.82, 2.24) is 9.99 Å². The minimum Gasteiger partial charge on any atom is -0.462 e. The van der Waals surface area contributed by atoms with Crippen LogP contribution in [0.2, 0.25) is 0 Å². The number of para-hydroxylation sites is 1. The summed E-state index contributed by atoms with van der Waals surface area (Å²) >= 11 is 5.68. The fourth-order valence-electron chi connectivity index (χ4n) is 3.70. The van der Waals surface area contributed by atoms with E-state index in [9.17, 15) is 32.8 Å². The highest BCUT2D eigenvalue weighted by Crippen LogP contribution is 2.53. The number of ether oxygens (including phenoxy) is 2. The summed E-state index contributed by atoms with van der Waals surface area (Å²) < 4.78 is 93.2. The maximum absolute atomic E-state index is 15.3. The number of ketones is 1. The molecule has 2 N–H and O–H groups in total. The van der Waals surface area contributed by atoms with Crippen molar-refractivity contribution in [2.75, 3.05) is 6.61 Å². The lowest BCUT2D eigenvalue weighted by Gasteiger charge is -2.34. The highest BCUT2D eigenvalue weighted by molar-refractivity contribution is 7.52. The molecule has 1 unspecified atom stereocenters.